The zero-order chi connectivity index (χ0) is 34.9. The number of fused-ring (bicyclic) bond motifs is 3. The van der Waals surface area contributed by atoms with Crippen molar-refractivity contribution >= 4 is 35.2 Å². The molecule has 258 valence electrons. The van der Waals surface area contributed by atoms with E-state index in [2.05, 4.69) is 31.1 Å². The van der Waals surface area contributed by atoms with Crippen molar-refractivity contribution < 1.29 is 28.5 Å². The Hall–Kier alpha value is -5.24. The first-order valence-corrected chi connectivity index (χ1v) is 17.1. The Morgan fingerprint density at radius 1 is 1.04 bits per heavy atom. The summed E-state index contributed by atoms with van der Waals surface area (Å²) < 4.78 is 22.9. The highest BCUT2D eigenvalue weighted by atomic mass is 32.2. The van der Waals surface area contributed by atoms with Gasteiger partial charge in [-0.05, 0) is 78.3 Å². The van der Waals surface area contributed by atoms with Gasteiger partial charge in [0.1, 0.15) is 18.4 Å². The van der Waals surface area contributed by atoms with Gasteiger partial charge in [0.2, 0.25) is 28.9 Å². The normalized spacial score (nSPS) is 13.9. The second-order valence-electron chi connectivity index (χ2n) is 11.3. The molecule has 0 aliphatic heterocycles. The number of thioether (sulfide) groups is 1. The molecule has 2 atom stereocenters. The lowest BCUT2D eigenvalue weighted by molar-refractivity contribution is -0.120. The molecular weight excluding hydrogens is 648 g/mol. The number of aromatic nitrogens is 3. The number of nitrogens with zero attached hydrogens (tertiary/aromatic N) is 2. The maximum absolute atomic E-state index is 13.9. The van der Waals surface area contributed by atoms with Crippen LogP contribution in [0.3, 0.4) is 0 Å². The molecule has 2 amide bonds. The zero-order valence-corrected chi connectivity index (χ0v) is 28.9. The van der Waals surface area contributed by atoms with E-state index in [1.807, 2.05) is 48.7 Å². The van der Waals surface area contributed by atoms with Crippen LogP contribution in [0.4, 0.5) is 11.6 Å². The maximum atomic E-state index is 13.9. The van der Waals surface area contributed by atoms with Crippen molar-refractivity contribution in [3.05, 3.63) is 81.8 Å². The van der Waals surface area contributed by atoms with Gasteiger partial charge < -0.3 is 29.6 Å². The van der Waals surface area contributed by atoms with Crippen LogP contribution in [0.1, 0.15) is 42.8 Å². The number of para-hydroxylation sites is 1. The van der Waals surface area contributed by atoms with Crippen molar-refractivity contribution in [2.45, 2.75) is 44.9 Å². The van der Waals surface area contributed by atoms with Crippen LogP contribution in [0.15, 0.2) is 59.4 Å². The Kier molecular flexibility index (Phi) is 11.6. The number of benzene rings is 2. The molecule has 0 saturated carbocycles. The molecule has 3 aromatic carbocycles. The Morgan fingerprint density at radius 3 is 2.51 bits per heavy atom. The van der Waals surface area contributed by atoms with Crippen LogP contribution in [0.25, 0.3) is 11.1 Å². The Morgan fingerprint density at radius 2 is 1.82 bits per heavy atom. The summed E-state index contributed by atoms with van der Waals surface area (Å²) in [4.78, 5) is 44.1. The van der Waals surface area contributed by atoms with Crippen molar-refractivity contribution in [2.24, 2.45) is 0 Å². The summed E-state index contributed by atoms with van der Waals surface area (Å²) in [6, 6.07) is 14.9. The first-order valence-electron chi connectivity index (χ1n) is 15.7. The zero-order valence-electron chi connectivity index (χ0n) is 28.0. The van der Waals surface area contributed by atoms with Crippen molar-refractivity contribution in [1.29, 1.82) is 0 Å². The molecule has 1 aromatic heterocycles. The molecule has 13 nitrogen and oxygen atoms in total. The van der Waals surface area contributed by atoms with Crippen LogP contribution in [0.2, 0.25) is 0 Å². The quantitative estimate of drug-likeness (QED) is 0.145. The number of methoxy groups -OCH3 is 3. The molecule has 14 heteroatoms. The summed E-state index contributed by atoms with van der Waals surface area (Å²) in [6.07, 6.45) is 3.46. The molecule has 1 heterocycles. The average molecular weight is 689 g/mol. The number of anilines is 2. The van der Waals surface area contributed by atoms with E-state index in [-0.39, 0.29) is 29.6 Å². The minimum absolute atomic E-state index is 0.0894. The number of amides is 2. The fourth-order valence-electron chi connectivity index (χ4n) is 5.80. The van der Waals surface area contributed by atoms with Gasteiger partial charge in [0.05, 0.1) is 33.1 Å². The Labute approximate surface area is 288 Å². The minimum atomic E-state index is -0.790. The summed E-state index contributed by atoms with van der Waals surface area (Å²) in [6.45, 7) is 1.58. The molecule has 0 spiro atoms. The first kappa shape index (κ1) is 35.1. The molecule has 4 N–H and O–H groups in total. The second-order valence-corrected chi connectivity index (χ2v) is 12.3. The number of nitrogens with one attached hydrogen (secondary N) is 4. The Bertz CT molecular complexity index is 1850. The molecule has 2 unspecified atom stereocenters. The molecule has 0 bridgehead atoms. The van der Waals surface area contributed by atoms with Crippen LogP contribution in [0.5, 0.6) is 23.0 Å². The number of carbonyl (C=O) groups excluding carboxylic acids is 2. The third-order valence-corrected chi connectivity index (χ3v) is 8.70. The van der Waals surface area contributed by atoms with Crippen LogP contribution in [-0.2, 0) is 22.6 Å². The van der Waals surface area contributed by atoms with Gasteiger partial charge in [0.25, 0.3) is 0 Å². The monoisotopic (exact) mass is 688 g/mol. The van der Waals surface area contributed by atoms with E-state index in [4.69, 9.17) is 18.9 Å². The van der Waals surface area contributed by atoms with Gasteiger partial charge in [-0.2, -0.15) is 16.7 Å². The highest BCUT2D eigenvalue weighted by molar-refractivity contribution is 7.98. The van der Waals surface area contributed by atoms with Gasteiger partial charge >= 0.3 is 0 Å². The van der Waals surface area contributed by atoms with Crippen molar-refractivity contribution in [3.8, 4) is 34.1 Å². The predicted molar refractivity (Wildman–Crippen MR) is 189 cm³/mol. The van der Waals surface area contributed by atoms with Crippen molar-refractivity contribution in [1.82, 2.24) is 20.5 Å². The van der Waals surface area contributed by atoms with E-state index < -0.39 is 18.0 Å². The number of hydrogen-bond donors (Lipinski definition) is 4. The number of hydrogen-bond acceptors (Lipinski definition) is 11. The smallest absolute Gasteiger partial charge is 0.249 e. The molecule has 0 fully saturated rings. The van der Waals surface area contributed by atoms with E-state index in [9.17, 15) is 14.4 Å². The highest BCUT2D eigenvalue weighted by Crippen LogP contribution is 2.50. The van der Waals surface area contributed by atoms with Crippen LogP contribution in [0, 0.1) is 0 Å². The minimum Gasteiger partial charge on any atom is -0.493 e. The largest absolute Gasteiger partial charge is 0.493 e. The summed E-state index contributed by atoms with van der Waals surface area (Å²) in [7, 11) is 4.64. The lowest BCUT2D eigenvalue weighted by Gasteiger charge is -2.19. The number of aryl methyl sites for hydroxylation is 1. The first-order chi connectivity index (χ1) is 23.8. The molecule has 5 rings (SSSR count). The van der Waals surface area contributed by atoms with E-state index in [0.717, 1.165) is 11.1 Å². The van der Waals surface area contributed by atoms with Gasteiger partial charge in [0.15, 0.2) is 17.3 Å². The summed E-state index contributed by atoms with van der Waals surface area (Å²) in [5, 5.41) is 15.8. The number of carbonyl (C=O) groups is 2. The Balaban J connectivity index is 1.47. The van der Waals surface area contributed by atoms with Crippen LogP contribution >= 0.6 is 11.8 Å². The predicted octanol–water partition coefficient (Wildman–Crippen LogP) is 4.73. The molecule has 0 saturated heterocycles. The van der Waals surface area contributed by atoms with E-state index >= 15 is 0 Å². The number of H-pyrrole nitrogens is 1. The molecular formula is C35H40N6O7S. The highest BCUT2D eigenvalue weighted by Gasteiger charge is 2.30. The fourth-order valence-corrected chi connectivity index (χ4v) is 6.27. The van der Waals surface area contributed by atoms with Crippen molar-refractivity contribution in [3.63, 3.8) is 0 Å². The van der Waals surface area contributed by atoms with Gasteiger partial charge in [-0.3, -0.25) is 24.8 Å². The molecule has 0 radical (unpaired) electrons. The van der Waals surface area contributed by atoms with Gasteiger partial charge in [-0.15, -0.1) is 5.10 Å². The summed E-state index contributed by atoms with van der Waals surface area (Å²) in [5.74, 6) is 2.59. The molecule has 1 aliphatic carbocycles. The average Bonchev–Trinajstić information content (AvgIpc) is 3.42. The van der Waals surface area contributed by atoms with Crippen molar-refractivity contribution in [2.75, 3.05) is 44.0 Å². The maximum Gasteiger partial charge on any atom is 0.249 e. The number of rotatable bonds is 14. The summed E-state index contributed by atoms with van der Waals surface area (Å²) >= 11 is 1.58. The van der Waals surface area contributed by atoms with Gasteiger partial charge in [-0.25, -0.2) is 0 Å². The molecule has 49 heavy (non-hydrogen) atoms. The third kappa shape index (κ3) is 8.26. The molecule has 4 aromatic rings. The van der Waals surface area contributed by atoms with E-state index in [1.54, 1.807) is 32.0 Å². The fraction of sp³-hybridized carbons (Fsp3) is 0.343. The standard InChI is InChI=1S/C35H40N6O7S/c1-20(42)36-25-13-11-21-17-29(45-2)32(46-3)33(47-4)31(21)23-12-14-26(28(43)18-24(23)25)37-27(15-16-49-5)34(44)39-35-38-30(40-41-35)19-48-22-9-7-6-8-10-22/h6-10,12,14,17-18,25,27H,11,13,15-16,19H2,1-5H3,(H,36,42)(H,37,43)(H2,38,39,40,41,44). The SMILES string of the molecule is COc1cc2c(c(OC)c1OC)-c1ccc(NC(CCSC)C(=O)Nc3n[nH]c(COc4ccccc4)n3)c(=O)cc1C(NC(C)=O)CC2. The molecule has 1 aliphatic rings. The van der Waals surface area contributed by atoms with E-state index in [1.165, 1.54) is 20.1 Å². The van der Waals surface area contributed by atoms with E-state index in [0.29, 0.717) is 65.0 Å². The second kappa shape index (κ2) is 16.2. The lowest BCUT2D eigenvalue weighted by atomic mass is 9.95. The van der Waals surface area contributed by atoms with Crippen LogP contribution < -0.4 is 40.3 Å². The lowest BCUT2D eigenvalue weighted by Crippen LogP contribution is -2.36. The van der Waals surface area contributed by atoms with Gasteiger partial charge in [-0.1, -0.05) is 24.3 Å². The number of aromatic amines is 1. The van der Waals surface area contributed by atoms with Crippen LogP contribution in [-0.4, -0.2) is 66.4 Å². The third-order valence-electron chi connectivity index (χ3n) is 8.06. The van der Waals surface area contributed by atoms with Gasteiger partial charge in [0, 0.05) is 12.5 Å². The number of ether oxygens (including phenoxy) is 4. The summed E-state index contributed by atoms with van der Waals surface area (Å²) in [5.41, 5.74) is 2.81. The topological polar surface area (TPSA) is 166 Å².